The molecule has 0 aliphatic rings. The number of rotatable bonds is 3. The van der Waals surface area contributed by atoms with Crippen LogP contribution in [0.4, 0.5) is 0 Å². The second-order valence-corrected chi connectivity index (χ2v) is 1.49. The fourth-order valence-corrected chi connectivity index (χ4v) is 0.450. The molecule has 0 aromatic carbocycles. The summed E-state index contributed by atoms with van der Waals surface area (Å²) in [6.07, 6.45) is 1.87. The standard InChI is InChI=1S/C5H13N3/c1-5(4-6-2)8-7-3/h4,6-8H,1-3H3/b5-4-. The molecule has 0 fully saturated rings. The van der Waals surface area contributed by atoms with Crippen LogP contribution in [0.15, 0.2) is 11.9 Å². The van der Waals surface area contributed by atoms with Crippen LogP contribution in [0.2, 0.25) is 0 Å². The second-order valence-electron chi connectivity index (χ2n) is 1.49. The van der Waals surface area contributed by atoms with Gasteiger partial charge in [-0.05, 0) is 6.92 Å². The van der Waals surface area contributed by atoms with E-state index in [0.717, 1.165) is 5.70 Å². The van der Waals surface area contributed by atoms with E-state index in [4.69, 9.17) is 0 Å². The number of allylic oxidation sites excluding steroid dienone is 1. The maximum Gasteiger partial charge on any atom is 0.0387 e. The van der Waals surface area contributed by atoms with Crippen LogP contribution in [0.1, 0.15) is 6.92 Å². The Hall–Kier alpha value is -0.700. The van der Waals surface area contributed by atoms with Gasteiger partial charge in [-0.25, -0.2) is 5.43 Å². The Bertz CT molecular complexity index is 77.7. The maximum absolute atomic E-state index is 2.90. The van der Waals surface area contributed by atoms with Gasteiger partial charge in [0.15, 0.2) is 0 Å². The molecule has 0 rings (SSSR count). The Morgan fingerprint density at radius 1 is 1.38 bits per heavy atom. The first-order chi connectivity index (χ1) is 3.81. The van der Waals surface area contributed by atoms with Crippen LogP contribution in [0.25, 0.3) is 0 Å². The van der Waals surface area contributed by atoms with Gasteiger partial charge in [-0.3, -0.25) is 0 Å². The summed E-state index contributed by atoms with van der Waals surface area (Å²) in [4.78, 5) is 0. The molecule has 48 valence electrons. The molecule has 0 spiro atoms. The van der Waals surface area contributed by atoms with Gasteiger partial charge in [-0.15, -0.1) is 0 Å². The first-order valence-electron chi connectivity index (χ1n) is 2.58. The Balaban J connectivity index is 3.29. The Labute approximate surface area is 50.1 Å². The summed E-state index contributed by atoms with van der Waals surface area (Å²) in [5.41, 5.74) is 6.75. The van der Waals surface area contributed by atoms with Crippen LogP contribution in [-0.2, 0) is 0 Å². The first-order valence-corrected chi connectivity index (χ1v) is 2.58. The van der Waals surface area contributed by atoms with Crippen LogP contribution in [-0.4, -0.2) is 14.1 Å². The van der Waals surface area contributed by atoms with Crippen molar-refractivity contribution in [3.05, 3.63) is 11.9 Å². The first kappa shape index (κ1) is 7.30. The monoisotopic (exact) mass is 115 g/mol. The molecule has 0 unspecified atom stereocenters. The van der Waals surface area contributed by atoms with Crippen LogP contribution < -0.4 is 16.2 Å². The van der Waals surface area contributed by atoms with Crippen molar-refractivity contribution in [2.75, 3.05) is 14.1 Å². The highest BCUT2D eigenvalue weighted by Crippen LogP contribution is 1.75. The van der Waals surface area contributed by atoms with Crippen molar-refractivity contribution in [2.45, 2.75) is 6.92 Å². The van der Waals surface area contributed by atoms with Gasteiger partial charge in [0.1, 0.15) is 0 Å². The SMILES string of the molecule is CN/C=C(/C)NNC. The summed E-state index contributed by atoms with van der Waals surface area (Å²) in [6.45, 7) is 1.97. The van der Waals surface area contributed by atoms with Gasteiger partial charge in [-0.1, -0.05) is 0 Å². The van der Waals surface area contributed by atoms with E-state index in [1.165, 1.54) is 0 Å². The van der Waals surface area contributed by atoms with Gasteiger partial charge >= 0.3 is 0 Å². The Morgan fingerprint density at radius 3 is 2.38 bits per heavy atom. The molecule has 0 bridgehead atoms. The average molecular weight is 115 g/mol. The van der Waals surface area contributed by atoms with E-state index in [1.54, 1.807) is 0 Å². The van der Waals surface area contributed by atoms with Crippen LogP contribution in [0.5, 0.6) is 0 Å². The van der Waals surface area contributed by atoms with Gasteiger partial charge in [0.25, 0.3) is 0 Å². The van der Waals surface area contributed by atoms with E-state index < -0.39 is 0 Å². The molecule has 0 amide bonds. The summed E-state index contributed by atoms with van der Waals surface area (Å²) in [6, 6.07) is 0. The zero-order valence-electron chi connectivity index (χ0n) is 5.58. The third-order valence-corrected chi connectivity index (χ3v) is 0.683. The largest absolute Gasteiger partial charge is 0.393 e. The molecule has 0 aliphatic carbocycles. The highest BCUT2D eigenvalue weighted by molar-refractivity contribution is 4.90. The van der Waals surface area contributed by atoms with Crippen molar-refractivity contribution in [2.24, 2.45) is 0 Å². The minimum atomic E-state index is 1.06. The van der Waals surface area contributed by atoms with Crippen molar-refractivity contribution >= 4 is 0 Å². The summed E-state index contributed by atoms with van der Waals surface area (Å²) in [5.74, 6) is 0. The van der Waals surface area contributed by atoms with E-state index in [1.807, 2.05) is 27.2 Å². The molecule has 0 aliphatic heterocycles. The van der Waals surface area contributed by atoms with Gasteiger partial charge in [-0.2, -0.15) is 0 Å². The second kappa shape index (κ2) is 4.46. The molecule has 0 radical (unpaired) electrons. The minimum absolute atomic E-state index is 1.06. The molecule has 0 atom stereocenters. The van der Waals surface area contributed by atoms with Gasteiger partial charge in [0.05, 0.1) is 0 Å². The molecule has 0 aromatic rings. The molecule has 0 aromatic heterocycles. The molecular weight excluding hydrogens is 102 g/mol. The summed E-state index contributed by atoms with van der Waals surface area (Å²) < 4.78 is 0. The minimum Gasteiger partial charge on any atom is -0.393 e. The predicted octanol–water partition coefficient (Wildman–Crippen LogP) is -0.209. The number of nitrogens with one attached hydrogen (secondary N) is 3. The van der Waals surface area contributed by atoms with Crippen LogP contribution in [0, 0.1) is 0 Å². The molecule has 3 N–H and O–H groups in total. The fraction of sp³-hybridized carbons (Fsp3) is 0.600. The lowest BCUT2D eigenvalue weighted by molar-refractivity contribution is 0.683. The van der Waals surface area contributed by atoms with Gasteiger partial charge in [0, 0.05) is 26.0 Å². The zero-order chi connectivity index (χ0) is 6.41. The quantitative estimate of drug-likeness (QED) is 0.445. The Morgan fingerprint density at radius 2 is 2.00 bits per heavy atom. The number of hydrogen-bond donors (Lipinski definition) is 3. The van der Waals surface area contributed by atoms with E-state index in [9.17, 15) is 0 Å². The molecule has 0 heterocycles. The van der Waals surface area contributed by atoms with Crippen molar-refractivity contribution in [1.82, 2.24) is 16.2 Å². The van der Waals surface area contributed by atoms with E-state index in [2.05, 4.69) is 16.2 Å². The van der Waals surface area contributed by atoms with Crippen molar-refractivity contribution in [1.29, 1.82) is 0 Å². The van der Waals surface area contributed by atoms with Gasteiger partial charge in [0.2, 0.25) is 0 Å². The predicted molar refractivity (Wildman–Crippen MR) is 35.0 cm³/mol. The molecule has 8 heavy (non-hydrogen) atoms. The summed E-state index contributed by atoms with van der Waals surface area (Å²) in [5, 5.41) is 2.89. The molecular formula is C5H13N3. The lowest BCUT2D eigenvalue weighted by Crippen LogP contribution is -2.26. The maximum atomic E-state index is 2.90. The third-order valence-electron chi connectivity index (χ3n) is 0.683. The molecule has 3 nitrogen and oxygen atoms in total. The zero-order valence-corrected chi connectivity index (χ0v) is 5.58. The lowest BCUT2D eigenvalue weighted by atomic mass is 10.6. The third kappa shape index (κ3) is 3.49. The molecule has 0 saturated carbocycles. The van der Waals surface area contributed by atoms with Crippen LogP contribution in [0.3, 0.4) is 0 Å². The van der Waals surface area contributed by atoms with Crippen LogP contribution >= 0.6 is 0 Å². The fourth-order valence-electron chi connectivity index (χ4n) is 0.450. The normalized spacial score (nSPS) is 11.1. The summed E-state index contributed by atoms with van der Waals surface area (Å²) >= 11 is 0. The summed E-state index contributed by atoms with van der Waals surface area (Å²) in [7, 11) is 3.69. The van der Waals surface area contributed by atoms with E-state index in [0.29, 0.717) is 0 Å². The van der Waals surface area contributed by atoms with Crippen molar-refractivity contribution in [3.8, 4) is 0 Å². The van der Waals surface area contributed by atoms with Gasteiger partial charge < -0.3 is 10.7 Å². The average Bonchev–Trinajstić information content (AvgIpc) is 1.68. The molecule has 3 heteroatoms. The number of hydrazine groups is 1. The molecule has 0 saturated heterocycles. The van der Waals surface area contributed by atoms with E-state index in [-0.39, 0.29) is 0 Å². The van der Waals surface area contributed by atoms with E-state index >= 15 is 0 Å². The highest BCUT2D eigenvalue weighted by atomic mass is 15.3. The van der Waals surface area contributed by atoms with Crippen molar-refractivity contribution < 1.29 is 0 Å². The van der Waals surface area contributed by atoms with Crippen molar-refractivity contribution in [3.63, 3.8) is 0 Å². The highest BCUT2D eigenvalue weighted by Gasteiger charge is 1.77. The lowest BCUT2D eigenvalue weighted by Gasteiger charge is -2.01. The Kier molecular flexibility index (Phi) is 4.07. The number of hydrogen-bond acceptors (Lipinski definition) is 3. The topological polar surface area (TPSA) is 36.1 Å². The smallest absolute Gasteiger partial charge is 0.0387 e.